The number of carbonyl (C=O) groups excluding carboxylic acids is 5. The van der Waals surface area contributed by atoms with Crippen LogP contribution in [-0.2, 0) is 48.0 Å². The highest BCUT2D eigenvalue weighted by molar-refractivity contribution is 6.24. The number of phenols is 1. The van der Waals surface area contributed by atoms with Crippen molar-refractivity contribution in [2.24, 2.45) is 23.0 Å². The van der Waals surface area contributed by atoms with Gasteiger partial charge in [0.25, 0.3) is 5.91 Å². The van der Waals surface area contributed by atoms with E-state index < -0.39 is 88.1 Å². The number of carbonyl (C=O) groups is 5. The lowest BCUT2D eigenvalue weighted by Crippen LogP contribution is -2.65. The quantitative estimate of drug-likeness (QED) is 0.134. The number of anilines is 1. The first-order valence-corrected chi connectivity index (χ1v) is 17.5. The fourth-order valence-corrected chi connectivity index (χ4v) is 7.88. The fourth-order valence-electron chi connectivity index (χ4n) is 7.88. The zero-order chi connectivity index (χ0) is 40.0. The van der Waals surface area contributed by atoms with Crippen molar-refractivity contribution in [3.05, 3.63) is 75.6 Å². The summed E-state index contributed by atoms with van der Waals surface area (Å²) >= 11 is 0. The summed E-state index contributed by atoms with van der Waals surface area (Å²) in [6, 6.07) is 9.38. The first kappa shape index (κ1) is 39.8. The molecule has 0 unspecified atom stereocenters. The number of aliphatic hydroxyl groups excluding tert-OH is 2. The van der Waals surface area contributed by atoms with E-state index in [2.05, 4.69) is 0 Å². The van der Waals surface area contributed by atoms with Crippen LogP contribution in [0.25, 0.3) is 5.76 Å². The van der Waals surface area contributed by atoms with Crippen LogP contribution in [0.1, 0.15) is 49.4 Å². The lowest BCUT2D eigenvalue weighted by atomic mass is 9.57. The molecule has 15 heteroatoms. The van der Waals surface area contributed by atoms with E-state index in [1.54, 1.807) is 49.3 Å². The Kier molecular flexibility index (Phi) is 10.9. The summed E-state index contributed by atoms with van der Waals surface area (Å²) in [5.41, 5.74) is 2.84. The number of aromatic hydroxyl groups is 1. The number of hydrogen-bond acceptors (Lipinski definition) is 13. The Balaban J connectivity index is 1.52. The van der Waals surface area contributed by atoms with E-state index in [0.717, 1.165) is 5.56 Å². The van der Waals surface area contributed by atoms with Crippen LogP contribution in [0.4, 0.5) is 10.5 Å². The largest absolute Gasteiger partial charge is 0.508 e. The first-order valence-electron chi connectivity index (χ1n) is 17.5. The molecule has 6 N–H and O–H groups in total. The van der Waals surface area contributed by atoms with E-state index in [0.29, 0.717) is 11.3 Å². The third-order valence-electron chi connectivity index (χ3n) is 10.1. The van der Waals surface area contributed by atoms with Crippen LogP contribution in [0.15, 0.2) is 53.3 Å². The van der Waals surface area contributed by atoms with Crippen LogP contribution in [0.2, 0.25) is 0 Å². The second-order valence-corrected chi connectivity index (χ2v) is 15.7. The van der Waals surface area contributed by atoms with E-state index in [9.17, 15) is 44.4 Å². The highest BCUT2D eigenvalue weighted by atomic mass is 16.7. The van der Waals surface area contributed by atoms with Crippen molar-refractivity contribution in [3.63, 3.8) is 0 Å². The smallest absolute Gasteiger partial charge is 0.412 e. The molecular weight excluding hydrogens is 700 g/mol. The van der Waals surface area contributed by atoms with Crippen LogP contribution in [-0.4, -0.2) is 113 Å². The topological polar surface area (TPSA) is 220 Å². The molecule has 3 aliphatic rings. The van der Waals surface area contributed by atoms with Crippen LogP contribution in [0.3, 0.4) is 0 Å². The number of rotatable bonds is 10. The molecule has 3 aliphatic carbocycles. The minimum absolute atomic E-state index is 0.0165. The van der Waals surface area contributed by atoms with Gasteiger partial charge in [0.1, 0.15) is 22.8 Å². The third kappa shape index (κ3) is 7.25. The first-order chi connectivity index (χ1) is 25.2. The molecule has 0 aromatic heterocycles. The highest BCUT2D eigenvalue weighted by Crippen LogP contribution is 2.54. The van der Waals surface area contributed by atoms with Crippen molar-refractivity contribution in [3.8, 4) is 5.75 Å². The van der Waals surface area contributed by atoms with Gasteiger partial charge in [0, 0.05) is 43.4 Å². The molecule has 1 saturated carbocycles. The summed E-state index contributed by atoms with van der Waals surface area (Å²) in [5.74, 6) is -8.10. The number of hydrogen-bond donors (Lipinski definition) is 5. The van der Waals surface area contributed by atoms with Gasteiger partial charge in [-0.3, -0.25) is 24.1 Å². The van der Waals surface area contributed by atoms with E-state index in [1.807, 2.05) is 26.8 Å². The number of phenolic OH excluding ortho intramolecular Hbond substituents is 1. The summed E-state index contributed by atoms with van der Waals surface area (Å²) in [6.07, 6.45) is -0.813. The zero-order valence-corrected chi connectivity index (χ0v) is 31.5. The molecule has 15 nitrogen and oxygen atoms in total. The molecular formula is C39H48N4O11. The van der Waals surface area contributed by atoms with Crippen LogP contribution in [0.5, 0.6) is 5.75 Å². The molecule has 2 aromatic carbocycles. The number of primary amides is 1. The second kappa shape index (κ2) is 14.8. The van der Waals surface area contributed by atoms with Gasteiger partial charge in [-0.1, -0.05) is 51.1 Å². The van der Waals surface area contributed by atoms with Crippen molar-refractivity contribution in [2.45, 2.75) is 58.2 Å². The molecule has 2 amide bonds. The van der Waals surface area contributed by atoms with Crippen molar-refractivity contribution >= 4 is 41.0 Å². The Bertz CT molecular complexity index is 1950. The SMILES string of the molecule is CN(C)c1cc(CN(CC(C)(C)C)C(=O)OCOC(=O)Cc2ccccc2)c(O)c2c1C[C@H]1C[C@H]3[C@H](N(C)C)C(=O)C(C(N)=O)=C(O)[C@@]3(O)C(=O)C1=C2O. The Morgan fingerprint density at radius 1 is 1.00 bits per heavy atom. The van der Waals surface area contributed by atoms with Gasteiger partial charge in [-0.2, -0.15) is 0 Å². The van der Waals surface area contributed by atoms with Crippen molar-refractivity contribution in [1.29, 1.82) is 0 Å². The van der Waals surface area contributed by atoms with E-state index in [-0.39, 0.29) is 49.1 Å². The minimum Gasteiger partial charge on any atom is -0.508 e. The minimum atomic E-state index is -2.78. The number of aliphatic hydroxyl groups is 3. The van der Waals surface area contributed by atoms with Gasteiger partial charge >= 0.3 is 12.1 Å². The Hall–Kier alpha value is -5.41. The molecule has 5 rings (SSSR count). The van der Waals surface area contributed by atoms with E-state index >= 15 is 0 Å². The van der Waals surface area contributed by atoms with Crippen LogP contribution >= 0.6 is 0 Å². The summed E-state index contributed by atoms with van der Waals surface area (Å²) in [4.78, 5) is 70.4. The van der Waals surface area contributed by atoms with Crippen LogP contribution < -0.4 is 10.6 Å². The van der Waals surface area contributed by atoms with E-state index in [4.69, 9.17) is 15.2 Å². The summed E-state index contributed by atoms with van der Waals surface area (Å²) < 4.78 is 10.5. The molecule has 0 radical (unpaired) electrons. The van der Waals surface area contributed by atoms with Crippen molar-refractivity contribution < 1.29 is 53.9 Å². The third-order valence-corrected chi connectivity index (χ3v) is 10.1. The summed E-state index contributed by atoms with van der Waals surface area (Å²) in [5, 5.41) is 46.8. The van der Waals surface area contributed by atoms with Crippen LogP contribution in [0, 0.1) is 17.3 Å². The molecule has 290 valence electrons. The van der Waals surface area contributed by atoms with E-state index in [1.165, 1.54) is 23.9 Å². The van der Waals surface area contributed by atoms with Gasteiger partial charge < -0.3 is 45.4 Å². The molecule has 0 spiro atoms. The Morgan fingerprint density at radius 3 is 2.22 bits per heavy atom. The molecule has 1 fully saturated rings. The number of ketones is 2. The number of esters is 1. The lowest BCUT2D eigenvalue weighted by molar-refractivity contribution is -0.154. The second-order valence-electron chi connectivity index (χ2n) is 15.7. The standard InChI is InChI=1S/C39H48N4O11/c1-38(2,3)18-43(37(51)54-19-53-26(44)13-20-11-9-8-10-12-20)17-22-16-25(41(4)5)23-14-21-15-24-30(42(6)7)33(47)29(36(40)50)35(49)39(24,52)34(48)27(21)32(46)28(23)31(22)45/h8-12,16,21,24,30,45-46,49,52H,13-15,17-19H2,1-7H3,(H2,40,50)/t21-,24-,30-,39-/m0/s1. The molecule has 54 heavy (non-hydrogen) atoms. The predicted molar refractivity (Wildman–Crippen MR) is 196 cm³/mol. The number of nitrogens with zero attached hydrogens (tertiary/aromatic N) is 3. The monoisotopic (exact) mass is 748 g/mol. The highest BCUT2D eigenvalue weighted by Gasteiger charge is 2.64. The number of fused-ring (bicyclic) bond motifs is 3. The average molecular weight is 749 g/mol. The van der Waals surface area contributed by atoms with Crippen molar-refractivity contribution in [2.75, 3.05) is 46.4 Å². The Morgan fingerprint density at radius 2 is 1.65 bits per heavy atom. The Labute approximate surface area is 313 Å². The maximum atomic E-state index is 14.3. The fraction of sp³-hybridized carbons (Fsp3) is 0.462. The number of benzene rings is 2. The van der Waals surface area contributed by atoms with Crippen molar-refractivity contribution in [1.82, 2.24) is 9.80 Å². The zero-order valence-electron chi connectivity index (χ0n) is 31.5. The summed E-state index contributed by atoms with van der Waals surface area (Å²) in [6.45, 7) is 4.94. The maximum absolute atomic E-state index is 14.3. The van der Waals surface area contributed by atoms with Gasteiger partial charge in [0.05, 0.1) is 24.6 Å². The molecule has 2 aromatic rings. The normalized spacial score (nSPS) is 22.4. The molecule has 0 aliphatic heterocycles. The van der Waals surface area contributed by atoms with Gasteiger partial charge in [0.15, 0.2) is 11.4 Å². The predicted octanol–water partition coefficient (Wildman–Crippen LogP) is 2.76. The number of Topliss-reactive ketones (excluding diaryl/α,β-unsaturated/α-hetero) is 2. The van der Waals surface area contributed by atoms with Gasteiger partial charge in [0.2, 0.25) is 12.6 Å². The number of nitrogens with two attached hydrogens (primary N) is 1. The maximum Gasteiger partial charge on any atom is 0.412 e. The molecule has 0 bridgehead atoms. The number of amides is 2. The number of ether oxygens (including phenoxy) is 2. The lowest BCUT2D eigenvalue weighted by Gasteiger charge is -2.50. The average Bonchev–Trinajstić information content (AvgIpc) is 3.06. The van der Waals surface area contributed by atoms with Gasteiger partial charge in [-0.25, -0.2) is 4.79 Å². The summed E-state index contributed by atoms with van der Waals surface area (Å²) in [7, 11) is 6.57. The number of likely N-dealkylation sites (N-methyl/N-ethyl adjacent to an activating group) is 1. The molecule has 0 saturated heterocycles. The molecule has 0 heterocycles. The molecule has 4 atom stereocenters. The van der Waals surface area contributed by atoms with Gasteiger partial charge in [-0.15, -0.1) is 0 Å². The van der Waals surface area contributed by atoms with Gasteiger partial charge in [-0.05, 0) is 55.5 Å².